The van der Waals surface area contributed by atoms with Crippen LogP contribution in [0, 0.1) is 0 Å². The normalized spacial score (nSPS) is 19.6. The first-order valence-corrected chi connectivity index (χ1v) is 7.41. The van der Waals surface area contributed by atoms with Crippen LogP contribution in [0.5, 0.6) is 0 Å². The molecule has 0 unspecified atom stereocenters. The molecule has 1 aromatic heterocycles. The Bertz CT molecular complexity index is 498. The monoisotopic (exact) mass is 280 g/mol. The number of rotatable bonds is 4. The maximum atomic E-state index is 11.9. The van der Waals surface area contributed by atoms with Crippen molar-refractivity contribution in [2.75, 3.05) is 18.4 Å². The molecule has 7 heteroatoms. The SMILES string of the molecule is O=C(CN1CCCCC1=O)Nc1nc(C2CC2)ns1. The molecule has 0 atom stereocenters. The minimum absolute atomic E-state index is 0.0670. The Kier molecular flexibility index (Phi) is 3.46. The molecule has 6 nitrogen and oxygen atoms in total. The van der Waals surface area contributed by atoms with Crippen LogP contribution < -0.4 is 5.32 Å². The van der Waals surface area contributed by atoms with Crippen molar-refractivity contribution in [2.24, 2.45) is 0 Å². The molecule has 1 saturated heterocycles. The van der Waals surface area contributed by atoms with Gasteiger partial charge in [0, 0.05) is 30.4 Å². The van der Waals surface area contributed by atoms with E-state index in [1.54, 1.807) is 4.90 Å². The maximum absolute atomic E-state index is 11.9. The molecule has 1 aromatic rings. The third-order valence-corrected chi connectivity index (χ3v) is 4.03. The molecule has 0 aromatic carbocycles. The number of nitrogens with zero attached hydrogens (tertiary/aromatic N) is 3. The lowest BCUT2D eigenvalue weighted by Crippen LogP contribution is -2.40. The van der Waals surface area contributed by atoms with Crippen LogP contribution in [-0.4, -0.2) is 39.2 Å². The molecule has 2 aliphatic rings. The summed E-state index contributed by atoms with van der Waals surface area (Å²) in [5, 5.41) is 3.26. The molecular weight excluding hydrogens is 264 g/mol. The van der Waals surface area contributed by atoms with Crippen LogP contribution >= 0.6 is 11.5 Å². The third-order valence-electron chi connectivity index (χ3n) is 3.39. The van der Waals surface area contributed by atoms with Crippen molar-refractivity contribution in [2.45, 2.75) is 38.0 Å². The van der Waals surface area contributed by atoms with Crippen LogP contribution in [0.3, 0.4) is 0 Å². The Labute approximate surface area is 115 Å². The zero-order chi connectivity index (χ0) is 13.2. The molecule has 0 bridgehead atoms. The van der Waals surface area contributed by atoms with Gasteiger partial charge in [0.15, 0.2) is 0 Å². The van der Waals surface area contributed by atoms with Gasteiger partial charge in [-0.3, -0.25) is 14.9 Å². The summed E-state index contributed by atoms with van der Waals surface area (Å²) in [5.41, 5.74) is 0. The summed E-state index contributed by atoms with van der Waals surface area (Å²) in [4.78, 5) is 29.4. The van der Waals surface area contributed by atoms with Crippen molar-refractivity contribution in [3.63, 3.8) is 0 Å². The fourth-order valence-corrected chi connectivity index (χ4v) is 2.82. The van der Waals surface area contributed by atoms with Gasteiger partial charge < -0.3 is 4.90 Å². The van der Waals surface area contributed by atoms with Gasteiger partial charge in [0.2, 0.25) is 16.9 Å². The largest absolute Gasteiger partial charge is 0.333 e. The van der Waals surface area contributed by atoms with Crippen LogP contribution in [0.25, 0.3) is 0 Å². The second-order valence-corrected chi connectivity index (χ2v) is 5.80. The van der Waals surface area contributed by atoms with Crippen LogP contribution in [0.1, 0.15) is 43.8 Å². The highest BCUT2D eigenvalue weighted by molar-refractivity contribution is 7.09. The summed E-state index contributed by atoms with van der Waals surface area (Å²) in [6, 6.07) is 0. The van der Waals surface area contributed by atoms with E-state index in [2.05, 4.69) is 14.7 Å². The molecule has 0 radical (unpaired) electrons. The number of carbonyl (C=O) groups excluding carboxylic acids is 2. The van der Waals surface area contributed by atoms with Gasteiger partial charge in [-0.05, 0) is 25.7 Å². The smallest absolute Gasteiger partial charge is 0.245 e. The minimum atomic E-state index is -0.186. The maximum Gasteiger partial charge on any atom is 0.245 e. The van der Waals surface area contributed by atoms with Crippen molar-refractivity contribution in [3.8, 4) is 0 Å². The van der Waals surface area contributed by atoms with Crippen LogP contribution in [0.2, 0.25) is 0 Å². The van der Waals surface area contributed by atoms with E-state index in [4.69, 9.17) is 0 Å². The van der Waals surface area contributed by atoms with E-state index in [0.29, 0.717) is 24.0 Å². The number of hydrogen-bond donors (Lipinski definition) is 1. The van der Waals surface area contributed by atoms with E-state index in [0.717, 1.165) is 31.5 Å². The summed E-state index contributed by atoms with van der Waals surface area (Å²) >= 11 is 1.21. The first-order valence-electron chi connectivity index (χ1n) is 6.63. The van der Waals surface area contributed by atoms with Gasteiger partial charge in [-0.15, -0.1) is 0 Å². The first-order chi connectivity index (χ1) is 9.22. The average Bonchev–Trinajstić information content (AvgIpc) is 3.14. The molecule has 3 rings (SSSR count). The van der Waals surface area contributed by atoms with Gasteiger partial charge >= 0.3 is 0 Å². The van der Waals surface area contributed by atoms with Gasteiger partial charge in [0.05, 0.1) is 6.54 Å². The van der Waals surface area contributed by atoms with Crippen molar-refractivity contribution < 1.29 is 9.59 Å². The van der Waals surface area contributed by atoms with Gasteiger partial charge in [0.1, 0.15) is 5.82 Å². The first kappa shape index (κ1) is 12.5. The van der Waals surface area contributed by atoms with Gasteiger partial charge in [-0.25, -0.2) is 4.98 Å². The Balaban J connectivity index is 1.53. The number of likely N-dealkylation sites (tertiary alicyclic amines) is 1. The zero-order valence-corrected chi connectivity index (χ0v) is 11.4. The second-order valence-electron chi connectivity index (χ2n) is 5.05. The summed E-state index contributed by atoms with van der Waals surface area (Å²) < 4.78 is 4.23. The number of anilines is 1. The Morgan fingerprint density at radius 2 is 2.26 bits per heavy atom. The summed E-state index contributed by atoms with van der Waals surface area (Å²) in [5.74, 6) is 1.21. The van der Waals surface area contributed by atoms with Crippen LogP contribution in [0.15, 0.2) is 0 Å². The van der Waals surface area contributed by atoms with E-state index in [1.165, 1.54) is 11.5 Å². The molecule has 19 heavy (non-hydrogen) atoms. The molecule has 1 saturated carbocycles. The molecule has 1 aliphatic heterocycles. The zero-order valence-electron chi connectivity index (χ0n) is 10.6. The Morgan fingerprint density at radius 1 is 1.42 bits per heavy atom. The number of amides is 2. The fraction of sp³-hybridized carbons (Fsp3) is 0.667. The Hall–Kier alpha value is -1.50. The Morgan fingerprint density at radius 3 is 3.00 bits per heavy atom. The molecule has 1 N–H and O–H groups in total. The lowest BCUT2D eigenvalue weighted by Gasteiger charge is -2.25. The summed E-state index contributed by atoms with van der Waals surface area (Å²) in [6.07, 6.45) is 4.75. The van der Waals surface area contributed by atoms with Crippen LogP contribution in [0.4, 0.5) is 5.13 Å². The molecule has 102 valence electrons. The lowest BCUT2D eigenvalue weighted by atomic mass is 10.1. The molecule has 0 spiro atoms. The molecule has 2 amide bonds. The number of hydrogen-bond acceptors (Lipinski definition) is 5. The number of nitrogens with one attached hydrogen (secondary N) is 1. The fourth-order valence-electron chi connectivity index (χ4n) is 2.15. The quantitative estimate of drug-likeness (QED) is 0.903. The minimum Gasteiger partial charge on any atom is -0.333 e. The van der Waals surface area contributed by atoms with E-state index < -0.39 is 0 Å². The third kappa shape index (κ3) is 3.09. The predicted molar refractivity (Wildman–Crippen MR) is 70.9 cm³/mol. The van der Waals surface area contributed by atoms with Gasteiger partial charge in [-0.2, -0.15) is 4.37 Å². The van der Waals surface area contributed by atoms with Gasteiger partial charge in [0.25, 0.3) is 0 Å². The van der Waals surface area contributed by atoms with Crippen LogP contribution in [-0.2, 0) is 9.59 Å². The summed E-state index contributed by atoms with van der Waals surface area (Å²) in [6.45, 7) is 0.798. The molecule has 1 aliphatic carbocycles. The highest BCUT2D eigenvalue weighted by Crippen LogP contribution is 2.39. The second kappa shape index (κ2) is 5.24. The van der Waals surface area contributed by atoms with Gasteiger partial charge in [-0.1, -0.05) is 0 Å². The standard InChI is InChI=1S/C12H16N4O2S/c17-9(7-16-6-2-1-3-10(16)18)13-12-14-11(15-19-12)8-4-5-8/h8H,1-7H2,(H,13,14,15,17). The van der Waals surface area contributed by atoms with E-state index in [1.807, 2.05) is 0 Å². The number of carbonyl (C=O) groups is 2. The molecule has 2 fully saturated rings. The van der Waals surface area contributed by atoms with E-state index in [9.17, 15) is 9.59 Å². The highest BCUT2D eigenvalue weighted by Gasteiger charge is 2.28. The van der Waals surface area contributed by atoms with E-state index in [-0.39, 0.29) is 18.4 Å². The highest BCUT2D eigenvalue weighted by atomic mass is 32.1. The van der Waals surface area contributed by atoms with Crippen molar-refractivity contribution in [1.82, 2.24) is 14.3 Å². The number of piperidine rings is 1. The van der Waals surface area contributed by atoms with Crippen molar-refractivity contribution in [1.29, 1.82) is 0 Å². The van der Waals surface area contributed by atoms with E-state index >= 15 is 0 Å². The molecule has 2 heterocycles. The lowest BCUT2D eigenvalue weighted by molar-refractivity contribution is -0.136. The topological polar surface area (TPSA) is 75.2 Å². The predicted octanol–water partition coefficient (Wildman–Crippen LogP) is 1.37. The molecular formula is C12H16N4O2S. The number of aromatic nitrogens is 2. The van der Waals surface area contributed by atoms with Crippen molar-refractivity contribution >= 4 is 28.5 Å². The average molecular weight is 280 g/mol. The summed E-state index contributed by atoms with van der Waals surface area (Å²) in [7, 11) is 0. The van der Waals surface area contributed by atoms with Crippen molar-refractivity contribution in [3.05, 3.63) is 5.82 Å².